The average Bonchev–Trinajstić information content (AvgIpc) is 3.50. The van der Waals surface area contributed by atoms with E-state index in [4.69, 9.17) is 13.9 Å². The van der Waals surface area contributed by atoms with Crippen LogP contribution >= 0.6 is 11.3 Å². The number of benzene rings is 2. The van der Waals surface area contributed by atoms with Crippen LogP contribution < -0.4 is 9.47 Å². The van der Waals surface area contributed by atoms with Crippen molar-refractivity contribution in [2.24, 2.45) is 0 Å². The predicted molar refractivity (Wildman–Crippen MR) is 121 cm³/mol. The summed E-state index contributed by atoms with van der Waals surface area (Å²) in [5, 5.41) is 10.4. The van der Waals surface area contributed by atoms with Crippen molar-refractivity contribution < 1.29 is 13.9 Å². The van der Waals surface area contributed by atoms with E-state index in [1.54, 1.807) is 18.4 Å². The van der Waals surface area contributed by atoms with E-state index in [-0.39, 0.29) is 6.04 Å². The van der Waals surface area contributed by atoms with Crippen molar-refractivity contribution in [3.8, 4) is 22.3 Å². The van der Waals surface area contributed by atoms with Gasteiger partial charge in [-0.3, -0.25) is 4.90 Å². The highest BCUT2D eigenvalue weighted by Gasteiger charge is 2.20. The third-order valence-corrected chi connectivity index (χ3v) is 5.95. The van der Waals surface area contributed by atoms with E-state index >= 15 is 0 Å². The molecule has 31 heavy (non-hydrogen) atoms. The second kappa shape index (κ2) is 9.76. The molecular formula is C24H25N3O3S. The van der Waals surface area contributed by atoms with Gasteiger partial charge in [-0.25, -0.2) is 0 Å². The second-order valence-corrected chi connectivity index (χ2v) is 8.22. The van der Waals surface area contributed by atoms with Gasteiger partial charge >= 0.3 is 0 Å². The van der Waals surface area contributed by atoms with Crippen molar-refractivity contribution in [3.63, 3.8) is 0 Å². The van der Waals surface area contributed by atoms with Crippen LogP contribution in [0.4, 0.5) is 0 Å². The van der Waals surface area contributed by atoms with Crippen molar-refractivity contribution in [1.29, 1.82) is 0 Å². The Labute approximate surface area is 186 Å². The van der Waals surface area contributed by atoms with Gasteiger partial charge < -0.3 is 13.9 Å². The summed E-state index contributed by atoms with van der Waals surface area (Å²) in [7, 11) is 3.69. The van der Waals surface area contributed by atoms with Crippen LogP contribution in [0.25, 0.3) is 10.8 Å². The lowest BCUT2D eigenvalue weighted by atomic mass is 10.1. The Morgan fingerprint density at radius 1 is 1.00 bits per heavy atom. The molecule has 160 valence electrons. The van der Waals surface area contributed by atoms with Gasteiger partial charge in [-0.1, -0.05) is 42.5 Å². The number of thiophene rings is 1. The molecule has 0 aliphatic rings. The van der Waals surface area contributed by atoms with Crippen molar-refractivity contribution in [2.75, 3.05) is 14.2 Å². The molecule has 0 bridgehead atoms. The Balaban J connectivity index is 1.41. The topological polar surface area (TPSA) is 60.6 Å². The fourth-order valence-electron chi connectivity index (χ4n) is 3.18. The Bertz CT molecular complexity index is 1100. The standard InChI is InChI=1S/C24H25N3O3S/c1-17(23-25-26-24(30-23)22-10-7-13-31-22)27(2)15-19-11-12-20(21(14-19)28-3)29-16-18-8-5-4-6-9-18/h4-14,17H,15-16H2,1-3H3. The monoisotopic (exact) mass is 435 g/mol. The van der Waals surface area contributed by atoms with Crippen LogP contribution in [-0.4, -0.2) is 29.3 Å². The molecule has 0 saturated carbocycles. The molecule has 2 aromatic heterocycles. The maximum Gasteiger partial charge on any atom is 0.257 e. The van der Waals surface area contributed by atoms with Crippen molar-refractivity contribution in [3.05, 3.63) is 83.1 Å². The predicted octanol–water partition coefficient (Wildman–Crippen LogP) is 5.58. The highest BCUT2D eigenvalue weighted by molar-refractivity contribution is 7.13. The van der Waals surface area contributed by atoms with E-state index in [9.17, 15) is 0 Å². The highest BCUT2D eigenvalue weighted by Crippen LogP contribution is 2.31. The second-order valence-electron chi connectivity index (χ2n) is 7.27. The van der Waals surface area contributed by atoms with Crippen LogP contribution in [0.2, 0.25) is 0 Å². The normalized spacial score (nSPS) is 12.1. The molecular weight excluding hydrogens is 410 g/mol. The number of aromatic nitrogens is 2. The van der Waals surface area contributed by atoms with Crippen LogP contribution in [0.15, 0.2) is 70.5 Å². The number of methoxy groups -OCH3 is 1. The molecule has 2 heterocycles. The molecule has 1 atom stereocenters. The fourth-order valence-corrected chi connectivity index (χ4v) is 3.83. The molecule has 0 N–H and O–H groups in total. The first-order chi connectivity index (χ1) is 15.1. The van der Waals surface area contributed by atoms with Gasteiger partial charge in [0.1, 0.15) is 6.61 Å². The highest BCUT2D eigenvalue weighted by atomic mass is 32.1. The number of hydrogen-bond acceptors (Lipinski definition) is 7. The Morgan fingerprint density at radius 2 is 1.84 bits per heavy atom. The summed E-state index contributed by atoms with van der Waals surface area (Å²) in [5.41, 5.74) is 2.22. The third-order valence-electron chi connectivity index (χ3n) is 5.09. The van der Waals surface area contributed by atoms with E-state index in [1.165, 1.54) is 0 Å². The molecule has 7 heteroatoms. The Kier molecular flexibility index (Phi) is 6.64. The molecule has 0 spiro atoms. The van der Waals surface area contributed by atoms with E-state index in [2.05, 4.69) is 28.1 Å². The summed E-state index contributed by atoms with van der Waals surface area (Å²) < 4.78 is 17.4. The number of hydrogen-bond donors (Lipinski definition) is 0. The molecule has 1 unspecified atom stereocenters. The van der Waals surface area contributed by atoms with Gasteiger partial charge in [0.2, 0.25) is 5.89 Å². The molecule has 0 fully saturated rings. The van der Waals surface area contributed by atoms with Gasteiger partial charge in [0.15, 0.2) is 11.5 Å². The van der Waals surface area contributed by atoms with Gasteiger partial charge in [0, 0.05) is 6.54 Å². The molecule has 6 nitrogen and oxygen atoms in total. The number of nitrogens with zero attached hydrogens (tertiary/aromatic N) is 3. The van der Waals surface area contributed by atoms with Crippen LogP contribution in [0.1, 0.15) is 30.0 Å². The Hall–Kier alpha value is -3.16. The SMILES string of the molecule is COc1cc(CN(C)C(C)c2nnc(-c3cccs3)o2)ccc1OCc1ccccc1. The van der Waals surface area contributed by atoms with Crippen molar-refractivity contribution in [1.82, 2.24) is 15.1 Å². The maximum absolute atomic E-state index is 5.96. The summed E-state index contributed by atoms with van der Waals surface area (Å²) in [5.74, 6) is 2.60. The number of rotatable bonds is 9. The average molecular weight is 436 g/mol. The van der Waals surface area contributed by atoms with E-state index in [0.29, 0.717) is 30.7 Å². The zero-order chi connectivity index (χ0) is 21.6. The number of ether oxygens (including phenoxy) is 2. The minimum Gasteiger partial charge on any atom is -0.493 e. The zero-order valence-electron chi connectivity index (χ0n) is 17.8. The summed E-state index contributed by atoms with van der Waals surface area (Å²) >= 11 is 1.58. The van der Waals surface area contributed by atoms with Crippen LogP contribution in [0.5, 0.6) is 11.5 Å². The first kappa shape index (κ1) is 21.1. The van der Waals surface area contributed by atoms with Crippen molar-refractivity contribution in [2.45, 2.75) is 26.1 Å². The molecule has 4 rings (SSSR count). The summed E-state index contributed by atoms with van der Waals surface area (Å²) in [4.78, 5) is 3.13. The van der Waals surface area contributed by atoms with Gasteiger partial charge in [-0.15, -0.1) is 21.5 Å². The van der Waals surface area contributed by atoms with E-state index in [1.807, 2.05) is 67.0 Å². The van der Waals surface area contributed by atoms with Gasteiger partial charge in [-0.2, -0.15) is 0 Å². The quantitative estimate of drug-likeness (QED) is 0.342. The lowest BCUT2D eigenvalue weighted by molar-refractivity contribution is 0.217. The van der Waals surface area contributed by atoms with E-state index in [0.717, 1.165) is 21.8 Å². The van der Waals surface area contributed by atoms with Gasteiger partial charge in [-0.05, 0) is 48.7 Å². The molecule has 4 aromatic rings. The van der Waals surface area contributed by atoms with Gasteiger partial charge in [0.25, 0.3) is 5.89 Å². The lowest BCUT2D eigenvalue weighted by Gasteiger charge is -2.22. The first-order valence-electron chi connectivity index (χ1n) is 10.0. The first-order valence-corrected chi connectivity index (χ1v) is 10.9. The van der Waals surface area contributed by atoms with Crippen LogP contribution in [-0.2, 0) is 13.2 Å². The maximum atomic E-state index is 5.96. The molecule has 0 saturated heterocycles. The van der Waals surface area contributed by atoms with E-state index < -0.39 is 0 Å². The molecule has 0 amide bonds. The molecule has 0 aliphatic heterocycles. The van der Waals surface area contributed by atoms with Crippen molar-refractivity contribution >= 4 is 11.3 Å². The largest absolute Gasteiger partial charge is 0.493 e. The summed E-state index contributed by atoms with van der Waals surface area (Å²) in [6.07, 6.45) is 0. The minimum atomic E-state index is -0.0267. The molecule has 0 aliphatic carbocycles. The smallest absolute Gasteiger partial charge is 0.257 e. The third kappa shape index (κ3) is 5.13. The van der Waals surface area contributed by atoms with Crippen LogP contribution in [0, 0.1) is 0 Å². The summed E-state index contributed by atoms with van der Waals surface area (Å²) in [6.45, 7) is 3.25. The minimum absolute atomic E-state index is 0.0267. The lowest BCUT2D eigenvalue weighted by Crippen LogP contribution is -2.22. The molecule has 0 radical (unpaired) electrons. The summed E-state index contributed by atoms with van der Waals surface area (Å²) in [6, 6.07) is 20.0. The fraction of sp³-hybridized carbons (Fsp3) is 0.250. The van der Waals surface area contributed by atoms with Gasteiger partial charge in [0.05, 0.1) is 18.0 Å². The Morgan fingerprint density at radius 3 is 2.58 bits per heavy atom. The molecule has 2 aromatic carbocycles. The van der Waals surface area contributed by atoms with Crippen LogP contribution in [0.3, 0.4) is 0 Å². The zero-order valence-corrected chi connectivity index (χ0v) is 18.6.